The van der Waals surface area contributed by atoms with Gasteiger partial charge in [-0.1, -0.05) is 19.9 Å². The lowest BCUT2D eigenvalue weighted by molar-refractivity contribution is -0.132. The first kappa shape index (κ1) is 23.0. The maximum Gasteiger partial charge on any atom is 0.248 e. The molecular formula is C22H30N4O4S. The second kappa shape index (κ2) is 9.64. The Bertz CT molecular complexity index is 943. The molecule has 0 saturated carbocycles. The Hall–Kier alpha value is -2.68. The van der Waals surface area contributed by atoms with Crippen molar-refractivity contribution in [3.8, 4) is 11.5 Å². The molecule has 3 rings (SSSR count). The highest BCUT2D eigenvalue weighted by Gasteiger charge is 2.33. The van der Waals surface area contributed by atoms with Gasteiger partial charge in [0.05, 0.1) is 13.2 Å². The van der Waals surface area contributed by atoms with E-state index in [1.165, 1.54) is 16.4 Å². The number of carbonyl (C=O) groups excluding carboxylic acids is 2. The summed E-state index contributed by atoms with van der Waals surface area (Å²) in [5.41, 5.74) is 0.999. The molecule has 168 valence electrons. The summed E-state index contributed by atoms with van der Waals surface area (Å²) in [5.74, 6) is 2.02. The molecule has 1 aromatic heterocycles. The van der Waals surface area contributed by atoms with Crippen LogP contribution in [-0.2, 0) is 9.59 Å². The Morgan fingerprint density at radius 2 is 2.03 bits per heavy atom. The highest BCUT2D eigenvalue weighted by Crippen LogP contribution is 2.35. The van der Waals surface area contributed by atoms with E-state index in [0.717, 1.165) is 11.4 Å². The van der Waals surface area contributed by atoms with E-state index in [1.807, 2.05) is 45.9 Å². The number of rotatable bonds is 8. The molecule has 0 spiro atoms. The van der Waals surface area contributed by atoms with Gasteiger partial charge in [0.25, 0.3) is 0 Å². The average Bonchev–Trinajstić information content (AvgIpc) is 3.34. The lowest BCUT2D eigenvalue weighted by atomic mass is 9.98. The molecule has 8 nitrogen and oxygen atoms in total. The Morgan fingerprint density at radius 1 is 1.29 bits per heavy atom. The summed E-state index contributed by atoms with van der Waals surface area (Å²) in [6.07, 6.45) is 0.372. The standard InChI is InChI=1S/C22H30N4O4S/c1-13(2)21-23-22(31-24-21)25(5)20(28)12-26-11-16(10-19(26)27)15-7-8-17(29-6)18(9-15)30-14(3)4/h7-9,13-14,16H,10-12H2,1-6H3/t16-/m1/s1. The molecular weight excluding hydrogens is 416 g/mol. The number of nitrogens with zero attached hydrogens (tertiary/aromatic N) is 4. The van der Waals surface area contributed by atoms with Crippen molar-refractivity contribution in [2.75, 3.05) is 32.1 Å². The first-order valence-corrected chi connectivity index (χ1v) is 11.2. The number of likely N-dealkylation sites (N-methyl/N-ethyl adjacent to an activating group) is 1. The van der Waals surface area contributed by atoms with Crippen molar-refractivity contribution >= 4 is 28.5 Å². The zero-order chi connectivity index (χ0) is 22.7. The van der Waals surface area contributed by atoms with Crippen LogP contribution >= 0.6 is 11.5 Å². The molecule has 2 heterocycles. The number of ether oxygens (including phenoxy) is 2. The third-order valence-electron chi connectivity index (χ3n) is 5.17. The van der Waals surface area contributed by atoms with Gasteiger partial charge in [-0.3, -0.25) is 14.5 Å². The van der Waals surface area contributed by atoms with Gasteiger partial charge in [0.15, 0.2) is 11.5 Å². The fourth-order valence-corrected chi connectivity index (χ4v) is 4.20. The summed E-state index contributed by atoms with van der Waals surface area (Å²) in [6.45, 7) is 8.43. The van der Waals surface area contributed by atoms with Crippen LogP contribution in [0.1, 0.15) is 57.3 Å². The lowest BCUT2D eigenvalue weighted by Crippen LogP contribution is -2.39. The zero-order valence-electron chi connectivity index (χ0n) is 18.9. The number of hydrogen-bond donors (Lipinski definition) is 0. The van der Waals surface area contributed by atoms with E-state index in [2.05, 4.69) is 9.36 Å². The third-order valence-corrected chi connectivity index (χ3v) is 5.98. The minimum Gasteiger partial charge on any atom is -0.493 e. The zero-order valence-corrected chi connectivity index (χ0v) is 19.7. The highest BCUT2D eigenvalue weighted by atomic mass is 32.1. The van der Waals surface area contributed by atoms with Crippen molar-refractivity contribution in [3.63, 3.8) is 0 Å². The van der Waals surface area contributed by atoms with Crippen molar-refractivity contribution < 1.29 is 19.1 Å². The fraction of sp³-hybridized carbons (Fsp3) is 0.545. The quantitative estimate of drug-likeness (QED) is 0.618. The van der Waals surface area contributed by atoms with Crippen LogP contribution in [0.15, 0.2) is 18.2 Å². The Morgan fingerprint density at radius 3 is 2.65 bits per heavy atom. The molecule has 1 aliphatic rings. The Balaban J connectivity index is 1.67. The van der Waals surface area contributed by atoms with Crippen molar-refractivity contribution in [2.24, 2.45) is 0 Å². The monoisotopic (exact) mass is 446 g/mol. The minimum absolute atomic E-state index is 0.0000903. The number of carbonyl (C=O) groups is 2. The van der Waals surface area contributed by atoms with E-state index in [4.69, 9.17) is 9.47 Å². The summed E-state index contributed by atoms with van der Waals surface area (Å²) in [7, 11) is 3.28. The molecule has 1 atom stereocenters. The predicted octanol–water partition coefficient (Wildman–Crippen LogP) is 3.44. The topological polar surface area (TPSA) is 84.9 Å². The molecule has 0 bridgehead atoms. The number of benzene rings is 1. The van der Waals surface area contributed by atoms with Gasteiger partial charge in [-0.25, -0.2) is 4.98 Å². The normalized spacial score (nSPS) is 16.3. The SMILES string of the molecule is COc1ccc([C@@H]2CC(=O)N(CC(=O)N(C)c3nc(C(C)C)ns3)C2)cc1OC(C)C. The lowest BCUT2D eigenvalue weighted by Gasteiger charge is -2.20. The molecule has 1 aromatic carbocycles. The van der Waals surface area contributed by atoms with E-state index in [0.29, 0.717) is 29.6 Å². The van der Waals surface area contributed by atoms with Crippen LogP contribution in [0.5, 0.6) is 11.5 Å². The fourth-order valence-electron chi connectivity index (χ4n) is 3.41. The summed E-state index contributed by atoms with van der Waals surface area (Å²) < 4.78 is 15.5. The Kier molecular flexibility index (Phi) is 7.15. The van der Waals surface area contributed by atoms with Crippen LogP contribution in [0.25, 0.3) is 0 Å². The van der Waals surface area contributed by atoms with E-state index in [9.17, 15) is 9.59 Å². The minimum atomic E-state index is -0.181. The number of amides is 2. The number of likely N-dealkylation sites (tertiary alicyclic amines) is 1. The van der Waals surface area contributed by atoms with Gasteiger partial charge in [0, 0.05) is 43.4 Å². The summed E-state index contributed by atoms with van der Waals surface area (Å²) >= 11 is 1.20. The molecule has 1 aliphatic heterocycles. The van der Waals surface area contributed by atoms with Crippen LogP contribution in [0.2, 0.25) is 0 Å². The molecule has 0 radical (unpaired) electrons. The summed E-state index contributed by atoms with van der Waals surface area (Å²) in [4.78, 5) is 32.9. The van der Waals surface area contributed by atoms with Crippen LogP contribution in [0.3, 0.4) is 0 Å². The number of anilines is 1. The molecule has 2 amide bonds. The molecule has 2 aromatic rings. The van der Waals surface area contributed by atoms with Crippen LogP contribution in [0, 0.1) is 0 Å². The van der Waals surface area contributed by atoms with Crippen molar-refractivity contribution in [3.05, 3.63) is 29.6 Å². The maximum absolute atomic E-state index is 12.8. The number of methoxy groups -OCH3 is 1. The van der Waals surface area contributed by atoms with Gasteiger partial charge >= 0.3 is 0 Å². The summed E-state index contributed by atoms with van der Waals surface area (Å²) in [5, 5.41) is 0.544. The van der Waals surface area contributed by atoms with Gasteiger partial charge in [-0.2, -0.15) is 4.37 Å². The van der Waals surface area contributed by atoms with Crippen molar-refractivity contribution in [1.29, 1.82) is 0 Å². The smallest absolute Gasteiger partial charge is 0.248 e. The van der Waals surface area contributed by atoms with Crippen LogP contribution < -0.4 is 14.4 Å². The van der Waals surface area contributed by atoms with Crippen molar-refractivity contribution in [1.82, 2.24) is 14.3 Å². The van der Waals surface area contributed by atoms with Crippen molar-refractivity contribution in [2.45, 2.75) is 52.1 Å². The van der Waals surface area contributed by atoms with E-state index >= 15 is 0 Å². The third kappa shape index (κ3) is 5.33. The van der Waals surface area contributed by atoms with Gasteiger partial charge in [-0.15, -0.1) is 0 Å². The molecule has 0 unspecified atom stereocenters. The average molecular weight is 447 g/mol. The predicted molar refractivity (Wildman–Crippen MR) is 120 cm³/mol. The highest BCUT2D eigenvalue weighted by molar-refractivity contribution is 7.09. The molecule has 0 N–H and O–H groups in total. The first-order valence-electron chi connectivity index (χ1n) is 10.4. The summed E-state index contributed by atoms with van der Waals surface area (Å²) in [6, 6.07) is 5.75. The second-order valence-corrected chi connectivity index (χ2v) is 9.03. The number of hydrogen-bond acceptors (Lipinski definition) is 7. The Labute approximate surface area is 187 Å². The van der Waals surface area contributed by atoms with E-state index in [-0.39, 0.29) is 36.3 Å². The number of aromatic nitrogens is 2. The first-order chi connectivity index (χ1) is 14.7. The van der Waals surface area contributed by atoms with E-state index in [1.54, 1.807) is 19.1 Å². The largest absolute Gasteiger partial charge is 0.493 e. The van der Waals surface area contributed by atoms with Gasteiger partial charge in [0.1, 0.15) is 12.4 Å². The van der Waals surface area contributed by atoms with E-state index < -0.39 is 0 Å². The van der Waals surface area contributed by atoms with Gasteiger partial charge < -0.3 is 14.4 Å². The van der Waals surface area contributed by atoms with Crippen LogP contribution in [-0.4, -0.2) is 59.4 Å². The molecule has 9 heteroatoms. The molecule has 31 heavy (non-hydrogen) atoms. The second-order valence-electron chi connectivity index (χ2n) is 8.29. The molecule has 0 aliphatic carbocycles. The molecule has 1 fully saturated rings. The van der Waals surface area contributed by atoms with Gasteiger partial charge in [-0.05, 0) is 31.5 Å². The van der Waals surface area contributed by atoms with Crippen LogP contribution in [0.4, 0.5) is 5.13 Å². The molecule has 1 saturated heterocycles. The van der Waals surface area contributed by atoms with Gasteiger partial charge in [0.2, 0.25) is 16.9 Å². The maximum atomic E-state index is 12.8.